The Balaban J connectivity index is 1.45. The summed E-state index contributed by atoms with van der Waals surface area (Å²) >= 11 is 12.8. The van der Waals surface area contributed by atoms with E-state index in [9.17, 15) is 0 Å². The molecule has 8 heteroatoms. The molecule has 2 aromatic carbocycles. The van der Waals surface area contributed by atoms with Crippen molar-refractivity contribution in [2.45, 2.75) is 25.9 Å². The van der Waals surface area contributed by atoms with Crippen LogP contribution in [-0.4, -0.2) is 33.0 Å². The minimum atomic E-state index is 0.191. The second-order valence-electron chi connectivity index (χ2n) is 8.21. The summed E-state index contributed by atoms with van der Waals surface area (Å²) in [6.45, 7) is 3.14. The summed E-state index contributed by atoms with van der Waals surface area (Å²) in [5.74, 6) is 1.41. The first-order valence-corrected chi connectivity index (χ1v) is 11.5. The fourth-order valence-corrected chi connectivity index (χ4v) is 5.06. The minimum Gasteiger partial charge on any atom is -0.350 e. The summed E-state index contributed by atoms with van der Waals surface area (Å²) in [6, 6.07) is 17.0. The number of benzene rings is 2. The van der Waals surface area contributed by atoms with Gasteiger partial charge in [0.25, 0.3) is 0 Å². The molecule has 0 atom stereocenters. The average molecular weight is 463 g/mol. The number of rotatable bonds is 2. The lowest BCUT2D eigenvalue weighted by atomic mass is 9.99. The molecule has 160 valence electrons. The molecule has 0 N–H and O–H groups in total. The van der Waals surface area contributed by atoms with E-state index in [1.165, 1.54) is 22.3 Å². The van der Waals surface area contributed by atoms with Crippen LogP contribution in [-0.2, 0) is 25.9 Å². The van der Waals surface area contributed by atoms with Crippen molar-refractivity contribution >= 4 is 45.9 Å². The van der Waals surface area contributed by atoms with Gasteiger partial charge in [0.15, 0.2) is 11.6 Å². The fourth-order valence-electron chi connectivity index (χ4n) is 4.73. The third kappa shape index (κ3) is 3.44. The molecule has 2 aromatic heterocycles. The molecular formula is C24H20Cl2N6. The molecule has 0 fully saturated rings. The van der Waals surface area contributed by atoms with Crippen LogP contribution in [0.4, 0.5) is 11.6 Å². The van der Waals surface area contributed by atoms with Gasteiger partial charge in [-0.3, -0.25) is 0 Å². The van der Waals surface area contributed by atoms with Crippen molar-refractivity contribution in [2.75, 3.05) is 22.9 Å². The number of anilines is 2. The lowest BCUT2D eigenvalue weighted by molar-refractivity contribution is 0.717. The van der Waals surface area contributed by atoms with Crippen LogP contribution in [0.25, 0.3) is 11.0 Å². The van der Waals surface area contributed by atoms with Crippen molar-refractivity contribution in [3.8, 4) is 0 Å². The molecule has 6 nitrogen and oxygen atoms in total. The first-order valence-electron chi connectivity index (χ1n) is 10.7. The summed E-state index contributed by atoms with van der Waals surface area (Å²) in [6.07, 6.45) is 1.88. The van der Waals surface area contributed by atoms with E-state index in [2.05, 4.69) is 78.3 Å². The number of nitrogens with zero attached hydrogens (tertiary/aromatic N) is 6. The van der Waals surface area contributed by atoms with Crippen LogP contribution < -0.4 is 9.80 Å². The zero-order valence-electron chi connectivity index (χ0n) is 17.3. The minimum absolute atomic E-state index is 0.191. The maximum atomic E-state index is 6.42. The number of hydrogen-bond acceptors (Lipinski definition) is 6. The first kappa shape index (κ1) is 19.7. The molecule has 0 saturated heterocycles. The Labute approximate surface area is 195 Å². The normalized spacial score (nSPS) is 15.6. The third-order valence-corrected chi connectivity index (χ3v) is 6.65. The monoisotopic (exact) mass is 462 g/mol. The standard InChI is InChI=1S/C24H20Cl2N6/c25-23-28-20-19(21(29-23)31-11-9-15-5-1-3-7-17(15)13-31)27-24(26)30-22(20)32-12-10-16-6-2-4-8-18(16)14-32/h1-8H,9-14H2. The third-order valence-electron chi connectivity index (χ3n) is 6.31. The number of halogens is 2. The van der Waals surface area contributed by atoms with E-state index in [4.69, 9.17) is 23.2 Å². The molecule has 0 saturated carbocycles. The predicted molar refractivity (Wildman–Crippen MR) is 128 cm³/mol. The SMILES string of the molecule is Clc1nc(N2CCc3ccccc3C2)c2nc(Cl)nc(N3CCc4ccccc4C3)c2n1. The Morgan fingerprint density at radius 1 is 0.562 bits per heavy atom. The molecule has 2 aliphatic heterocycles. The van der Waals surface area contributed by atoms with E-state index in [1.807, 2.05) is 0 Å². The molecule has 6 rings (SSSR count). The number of hydrogen-bond donors (Lipinski definition) is 0. The molecule has 0 unspecified atom stereocenters. The van der Waals surface area contributed by atoms with E-state index < -0.39 is 0 Å². The van der Waals surface area contributed by atoms with Crippen molar-refractivity contribution in [3.05, 3.63) is 81.4 Å². The zero-order valence-corrected chi connectivity index (χ0v) is 18.8. The van der Waals surface area contributed by atoms with Crippen LogP contribution in [0.15, 0.2) is 48.5 Å². The molecule has 0 spiro atoms. The van der Waals surface area contributed by atoms with Gasteiger partial charge in [0.2, 0.25) is 10.6 Å². The van der Waals surface area contributed by atoms with Gasteiger partial charge in [0, 0.05) is 26.2 Å². The smallest absolute Gasteiger partial charge is 0.225 e. The molecule has 4 aromatic rings. The maximum absolute atomic E-state index is 6.42. The van der Waals surface area contributed by atoms with E-state index in [-0.39, 0.29) is 10.6 Å². The van der Waals surface area contributed by atoms with Crippen molar-refractivity contribution in [1.82, 2.24) is 19.9 Å². The van der Waals surface area contributed by atoms with Gasteiger partial charge in [-0.25, -0.2) is 9.97 Å². The maximum Gasteiger partial charge on any atom is 0.225 e. The van der Waals surface area contributed by atoms with Crippen LogP contribution >= 0.6 is 23.2 Å². The molecule has 0 amide bonds. The highest BCUT2D eigenvalue weighted by Gasteiger charge is 2.26. The van der Waals surface area contributed by atoms with E-state index in [0.717, 1.165) is 39.0 Å². The Hall–Kier alpha value is -2.96. The van der Waals surface area contributed by atoms with Crippen molar-refractivity contribution < 1.29 is 0 Å². The van der Waals surface area contributed by atoms with Crippen molar-refractivity contribution in [2.24, 2.45) is 0 Å². The highest BCUT2D eigenvalue weighted by molar-refractivity contribution is 6.30. The Morgan fingerprint density at radius 3 is 1.41 bits per heavy atom. The van der Waals surface area contributed by atoms with Crippen LogP contribution in [0.5, 0.6) is 0 Å². The van der Waals surface area contributed by atoms with Crippen LogP contribution in [0, 0.1) is 0 Å². The lowest BCUT2D eigenvalue weighted by Gasteiger charge is -2.32. The molecule has 0 aliphatic carbocycles. The molecule has 4 heterocycles. The van der Waals surface area contributed by atoms with Crippen molar-refractivity contribution in [3.63, 3.8) is 0 Å². The highest BCUT2D eigenvalue weighted by Crippen LogP contribution is 2.34. The zero-order chi connectivity index (χ0) is 21.7. The molecular weight excluding hydrogens is 443 g/mol. The van der Waals surface area contributed by atoms with Gasteiger partial charge in [-0.1, -0.05) is 48.5 Å². The summed E-state index contributed by atoms with van der Waals surface area (Å²) in [5.41, 5.74) is 6.59. The fraction of sp³-hybridized carbons (Fsp3) is 0.250. The van der Waals surface area contributed by atoms with Gasteiger partial charge < -0.3 is 9.80 Å². The van der Waals surface area contributed by atoms with Crippen LogP contribution in [0.1, 0.15) is 22.3 Å². The summed E-state index contributed by atoms with van der Waals surface area (Å²) in [5, 5.41) is 0.381. The predicted octanol–water partition coefficient (Wildman–Crippen LogP) is 4.85. The van der Waals surface area contributed by atoms with Crippen LogP contribution in [0.2, 0.25) is 10.6 Å². The van der Waals surface area contributed by atoms with E-state index in [0.29, 0.717) is 22.7 Å². The quantitative estimate of drug-likeness (QED) is 0.396. The van der Waals surface area contributed by atoms with Gasteiger partial charge in [-0.15, -0.1) is 0 Å². The average Bonchev–Trinajstić information content (AvgIpc) is 2.83. The van der Waals surface area contributed by atoms with E-state index >= 15 is 0 Å². The molecule has 32 heavy (non-hydrogen) atoms. The summed E-state index contributed by atoms with van der Waals surface area (Å²) in [4.78, 5) is 22.7. The number of aromatic nitrogens is 4. The topological polar surface area (TPSA) is 58.0 Å². The van der Waals surface area contributed by atoms with Gasteiger partial charge in [0.05, 0.1) is 0 Å². The molecule has 0 bridgehead atoms. The van der Waals surface area contributed by atoms with E-state index in [1.54, 1.807) is 0 Å². The largest absolute Gasteiger partial charge is 0.350 e. The van der Waals surface area contributed by atoms with Crippen LogP contribution in [0.3, 0.4) is 0 Å². The lowest BCUT2D eigenvalue weighted by Crippen LogP contribution is -2.33. The van der Waals surface area contributed by atoms with Gasteiger partial charge >= 0.3 is 0 Å². The van der Waals surface area contributed by atoms with Gasteiger partial charge in [0.1, 0.15) is 11.0 Å². The van der Waals surface area contributed by atoms with Crippen molar-refractivity contribution in [1.29, 1.82) is 0 Å². The highest BCUT2D eigenvalue weighted by atomic mass is 35.5. The molecule has 2 aliphatic rings. The molecule has 0 radical (unpaired) electrons. The Morgan fingerprint density at radius 2 is 0.969 bits per heavy atom. The Kier molecular flexibility index (Phi) is 4.85. The number of fused-ring (bicyclic) bond motifs is 3. The second kappa shape index (κ2) is 7.87. The van der Waals surface area contributed by atoms with Gasteiger partial charge in [-0.2, -0.15) is 9.97 Å². The second-order valence-corrected chi connectivity index (χ2v) is 8.89. The summed E-state index contributed by atoms with van der Waals surface area (Å²) in [7, 11) is 0. The summed E-state index contributed by atoms with van der Waals surface area (Å²) < 4.78 is 0. The Bertz CT molecular complexity index is 1240. The first-order chi connectivity index (χ1) is 15.7. The van der Waals surface area contributed by atoms with Gasteiger partial charge in [-0.05, 0) is 58.3 Å².